The van der Waals surface area contributed by atoms with Crippen molar-refractivity contribution in [3.05, 3.63) is 11.7 Å². The van der Waals surface area contributed by atoms with Crippen molar-refractivity contribution in [3.63, 3.8) is 0 Å². The van der Waals surface area contributed by atoms with Crippen molar-refractivity contribution in [2.24, 2.45) is 11.7 Å². The van der Waals surface area contributed by atoms with Gasteiger partial charge in [0.05, 0.1) is 5.54 Å². The quantitative estimate of drug-likeness (QED) is 0.812. The normalized spacial score (nSPS) is 36.0. The molecule has 2 bridgehead atoms. The minimum Gasteiger partial charge on any atom is -0.339 e. The molecule has 0 aromatic carbocycles. The number of hydrogen-bond acceptors (Lipinski definition) is 5. The smallest absolute Gasteiger partial charge is 0.232 e. The van der Waals surface area contributed by atoms with Gasteiger partial charge >= 0.3 is 0 Å². The highest BCUT2D eigenvalue weighted by Crippen LogP contribution is 2.40. The molecule has 2 fully saturated rings. The van der Waals surface area contributed by atoms with Gasteiger partial charge in [0.2, 0.25) is 5.89 Å². The predicted molar refractivity (Wildman–Crippen MR) is 68.0 cm³/mol. The minimum absolute atomic E-state index is 0.113. The molecule has 0 spiro atoms. The SMILES string of the molecule is CC(C)(C)c1nc(C2(N)CCN3CCC2C3)no1. The second kappa shape index (κ2) is 3.78. The van der Waals surface area contributed by atoms with Crippen LogP contribution in [0.2, 0.25) is 0 Å². The highest BCUT2D eigenvalue weighted by molar-refractivity contribution is 5.13. The first-order valence-corrected chi connectivity index (χ1v) is 6.75. The average molecular weight is 250 g/mol. The molecule has 5 nitrogen and oxygen atoms in total. The van der Waals surface area contributed by atoms with Crippen LogP contribution < -0.4 is 5.73 Å². The largest absolute Gasteiger partial charge is 0.339 e. The Labute approximate surface area is 108 Å². The number of nitrogens with zero attached hydrogens (tertiary/aromatic N) is 3. The van der Waals surface area contributed by atoms with Crippen molar-refractivity contribution in [3.8, 4) is 0 Å². The maximum absolute atomic E-state index is 6.61. The van der Waals surface area contributed by atoms with Crippen molar-refractivity contribution < 1.29 is 4.52 Å². The summed E-state index contributed by atoms with van der Waals surface area (Å²) in [6, 6.07) is 0. The third-order valence-electron chi connectivity index (χ3n) is 4.33. The lowest BCUT2D eigenvalue weighted by atomic mass is 9.79. The van der Waals surface area contributed by atoms with E-state index in [0.29, 0.717) is 17.6 Å². The zero-order chi connectivity index (χ0) is 13.0. The molecule has 5 heteroatoms. The fraction of sp³-hybridized carbons (Fsp3) is 0.846. The molecule has 18 heavy (non-hydrogen) atoms. The van der Waals surface area contributed by atoms with Gasteiger partial charge in [0.25, 0.3) is 0 Å². The summed E-state index contributed by atoms with van der Waals surface area (Å²) >= 11 is 0. The van der Waals surface area contributed by atoms with Crippen LogP contribution >= 0.6 is 0 Å². The minimum atomic E-state index is -0.389. The van der Waals surface area contributed by atoms with Crippen LogP contribution in [0.25, 0.3) is 0 Å². The van der Waals surface area contributed by atoms with Gasteiger partial charge in [0, 0.05) is 18.5 Å². The van der Waals surface area contributed by atoms with Gasteiger partial charge < -0.3 is 15.2 Å². The van der Waals surface area contributed by atoms with E-state index < -0.39 is 0 Å². The van der Waals surface area contributed by atoms with E-state index in [-0.39, 0.29) is 11.0 Å². The Morgan fingerprint density at radius 1 is 1.39 bits per heavy atom. The molecule has 1 aromatic rings. The first kappa shape index (κ1) is 12.1. The summed E-state index contributed by atoms with van der Waals surface area (Å²) in [5.41, 5.74) is 6.10. The number of hydrogen-bond donors (Lipinski definition) is 1. The third kappa shape index (κ3) is 1.77. The molecule has 3 unspecified atom stereocenters. The monoisotopic (exact) mass is 250 g/mol. The fourth-order valence-electron chi connectivity index (χ4n) is 3.01. The Balaban J connectivity index is 1.92. The fourth-order valence-corrected chi connectivity index (χ4v) is 3.01. The van der Waals surface area contributed by atoms with Crippen LogP contribution in [0.1, 0.15) is 45.3 Å². The van der Waals surface area contributed by atoms with E-state index in [2.05, 4.69) is 35.8 Å². The zero-order valence-corrected chi connectivity index (χ0v) is 11.4. The predicted octanol–water partition coefficient (Wildman–Crippen LogP) is 1.25. The summed E-state index contributed by atoms with van der Waals surface area (Å²) in [6.07, 6.45) is 2.08. The lowest BCUT2D eigenvalue weighted by Crippen LogP contribution is -2.51. The average Bonchev–Trinajstić information content (AvgIpc) is 2.93. The third-order valence-corrected chi connectivity index (χ3v) is 4.33. The second-order valence-electron chi connectivity index (χ2n) is 6.75. The van der Waals surface area contributed by atoms with Gasteiger partial charge in [0.15, 0.2) is 5.82 Å². The Bertz CT molecular complexity index is 450. The molecule has 0 saturated carbocycles. The number of fused-ring (bicyclic) bond motifs is 2. The van der Waals surface area contributed by atoms with E-state index in [1.54, 1.807) is 0 Å². The van der Waals surface area contributed by atoms with E-state index >= 15 is 0 Å². The summed E-state index contributed by atoms with van der Waals surface area (Å²) in [6.45, 7) is 9.51. The Morgan fingerprint density at radius 2 is 2.17 bits per heavy atom. The molecular weight excluding hydrogens is 228 g/mol. The van der Waals surface area contributed by atoms with Crippen LogP contribution in [0.3, 0.4) is 0 Å². The molecular formula is C13H22N4O. The van der Waals surface area contributed by atoms with Gasteiger partial charge in [-0.3, -0.25) is 0 Å². The van der Waals surface area contributed by atoms with Crippen LogP contribution in [-0.4, -0.2) is 34.7 Å². The van der Waals surface area contributed by atoms with Crippen LogP contribution in [-0.2, 0) is 11.0 Å². The van der Waals surface area contributed by atoms with Crippen LogP contribution in [0.5, 0.6) is 0 Å². The van der Waals surface area contributed by atoms with Crippen molar-refractivity contribution in [2.45, 2.75) is 44.6 Å². The van der Waals surface area contributed by atoms with E-state index in [9.17, 15) is 0 Å². The molecule has 3 heterocycles. The molecule has 2 saturated heterocycles. The van der Waals surface area contributed by atoms with Crippen molar-refractivity contribution in [2.75, 3.05) is 19.6 Å². The van der Waals surface area contributed by atoms with Crippen LogP contribution in [0.15, 0.2) is 4.52 Å². The zero-order valence-electron chi connectivity index (χ0n) is 11.4. The lowest BCUT2D eigenvalue weighted by Gasteiger charge is -2.37. The Morgan fingerprint density at radius 3 is 2.83 bits per heavy atom. The molecule has 1 aromatic heterocycles. The lowest BCUT2D eigenvalue weighted by molar-refractivity contribution is 0.157. The van der Waals surface area contributed by atoms with Crippen molar-refractivity contribution in [1.29, 1.82) is 0 Å². The van der Waals surface area contributed by atoms with Gasteiger partial charge in [-0.25, -0.2) is 0 Å². The molecule has 2 N–H and O–H groups in total. The van der Waals surface area contributed by atoms with E-state index in [4.69, 9.17) is 10.3 Å². The molecule has 2 aliphatic heterocycles. The highest BCUT2D eigenvalue weighted by Gasteiger charge is 2.47. The standard InChI is InChI=1S/C13H22N4O/c1-12(2,3)11-15-10(16-18-11)13(14)5-7-17-6-4-9(13)8-17/h9H,4-8,14H2,1-3H3. The second-order valence-corrected chi connectivity index (χ2v) is 6.75. The number of piperidine rings is 1. The molecule has 0 aliphatic carbocycles. The maximum atomic E-state index is 6.61. The summed E-state index contributed by atoms with van der Waals surface area (Å²) in [5, 5.41) is 4.17. The number of aromatic nitrogens is 2. The van der Waals surface area contributed by atoms with E-state index in [1.807, 2.05) is 0 Å². The first-order chi connectivity index (χ1) is 8.39. The summed E-state index contributed by atoms with van der Waals surface area (Å²) < 4.78 is 5.40. The van der Waals surface area contributed by atoms with Gasteiger partial charge in [-0.15, -0.1) is 0 Å². The van der Waals surface area contributed by atoms with Gasteiger partial charge in [-0.05, 0) is 25.3 Å². The molecule has 3 atom stereocenters. The Kier molecular flexibility index (Phi) is 2.54. The highest BCUT2D eigenvalue weighted by atomic mass is 16.5. The van der Waals surface area contributed by atoms with E-state index in [1.165, 1.54) is 0 Å². The topological polar surface area (TPSA) is 68.2 Å². The summed E-state index contributed by atoms with van der Waals surface area (Å²) in [7, 11) is 0. The van der Waals surface area contributed by atoms with Crippen molar-refractivity contribution in [1.82, 2.24) is 15.0 Å². The van der Waals surface area contributed by atoms with E-state index in [0.717, 1.165) is 32.5 Å². The first-order valence-electron chi connectivity index (χ1n) is 6.75. The molecule has 100 valence electrons. The van der Waals surface area contributed by atoms with Gasteiger partial charge in [-0.2, -0.15) is 4.98 Å². The number of nitrogens with two attached hydrogens (primary N) is 1. The Hall–Kier alpha value is -0.940. The van der Waals surface area contributed by atoms with Crippen LogP contribution in [0.4, 0.5) is 0 Å². The summed E-state index contributed by atoms with van der Waals surface area (Å²) in [4.78, 5) is 7.05. The molecule has 0 radical (unpaired) electrons. The van der Waals surface area contributed by atoms with Gasteiger partial charge in [-0.1, -0.05) is 25.9 Å². The van der Waals surface area contributed by atoms with Gasteiger partial charge in [0.1, 0.15) is 0 Å². The molecule has 3 rings (SSSR count). The van der Waals surface area contributed by atoms with Crippen LogP contribution in [0, 0.1) is 5.92 Å². The number of rotatable bonds is 1. The molecule has 2 aliphatic rings. The molecule has 0 amide bonds. The maximum Gasteiger partial charge on any atom is 0.232 e. The summed E-state index contributed by atoms with van der Waals surface area (Å²) in [5.74, 6) is 1.86. The van der Waals surface area contributed by atoms with Crippen molar-refractivity contribution >= 4 is 0 Å².